The predicted octanol–water partition coefficient (Wildman–Crippen LogP) is 3.23. The van der Waals surface area contributed by atoms with Gasteiger partial charge in [0.05, 0.1) is 18.6 Å². The van der Waals surface area contributed by atoms with Crippen LogP contribution < -0.4 is 20.3 Å². The lowest BCUT2D eigenvalue weighted by Gasteiger charge is -2.18. The molecular formula is C24H33N3O6S. The summed E-state index contributed by atoms with van der Waals surface area (Å²) in [5.74, 6) is 0.211. The minimum Gasteiger partial charge on any atom is -0.493 e. The first-order valence-electron chi connectivity index (χ1n) is 11.2. The molecule has 186 valence electrons. The molecule has 0 aliphatic carbocycles. The number of hydrazine groups is 1. The summed E-state index contributed by atoms with van der Waals surface area (Å²) in [4.78, 5) is 25.1. The van der Waals surface area contributed by atoms with Crippen LogP contribution in [0.15, 0.2) is 47.4 Å². The van der Waals surface area contributed by atoms with Crippen molar-refractivity contribution in [3.8, 4) is 11.5 Å². The van der Waals surface area contributed by atoms with E-state index in [1.165, 1.54) is 41.7 Å². The van der Waals surface area contributed by atoms with Crippen molar-refractivity contribution in [2.24, 2.45) is 5.92 Å². The Bertz CT molecular complexity index is 1100. The SMILES string of the molecule is CCN(CC)S(=O)(=O)c1cccc(C(=O)NNC(=O)c2ccc(OCCC(C)C)c(OC)c2)c1. The molecule has 9 nitrogen and oxygen atoms in total. The smallest absolute Gasteiger partial charge is 0.269 e. The maximum Gasteiger partial charge on any atom is 0.269 e. The molecule has 0 aliphatic rings. The van der Waals surface area contributed by atoms with E-state index in [-0.39, 0.29) is 16.0 Å². The second kappa shape index (κ2) is 12.4. The zero-order valence-electron chi connectivity index (χ0n) is 20.3. The normalized spacial score (nSPS) is 11.4. The van der Waals surface area contributed by atoms with Crippen LogP contribution >= 0.6 is 0 Å². The monoisotopic (exact) mass is 491 g/mol. The molecule has 10 heteroatoms. The number of carbonyl (C=O) groups excluding carboxylic acids is 2. The third-order valence-corrected chi connectivity index (χ3v) is 7.15. The van der Waals surface area contributed by atoms with Gasteiger partial charge in [0.15, 0.2) is 11.5 Å². The molecule has 2 aromatic carbocycles. The van der Waals surface area contributed by atoms with Crippen molar-refractivity contribution < 1.29 is 27.5 Å². The first-order valence-corrected chi connectivity index (χ1v) is 12.6. The Morgan fingerprint density at radius 3 is 2.12 bits per heavy atom. The summed E-state index contributed by atoms with van der Waals surface area (Å²) in [6.07, 6.45) is 0.884. The molecule has 2 N–H and O–H groups in total. The minimum atomic E-state index is -3.71. The Kier molecular flexibility index (Phi) is 9.88. The largest absolute Gasteiger partial charge is 0.493 e. The summed E-state index contributed by atoms with van der Waals surface area (Å²) < 4.78 is 37.8. The van der Waals surface area contributed by atoms with Crippen molar-refractivity contribution in [2.45, 2.75) is 39.0 Å². The Morgan fingerprint density at radius 1 is 0.941 bits per heavy atom. The molecule has 0 saturated carbocycles. The highest BCUT2D eigenvalue weighted by atomic mass is 32.2. The zero-order valence-corrected chi connectivity index (χ0v) is 21.1. The van der Waals surface area contributed by atoms with Crippen LogP contribution in [-0.2, 0) is 10.0 Å². The number of nitrogens with zero attached hydrogens (tertiary/aromatic N) is 1. The van der Waals surface area contributed by atoms with Crippen LogP contribution in [0.2, 0.25) is 0 Å². The topological polar surface area (TPSA) is 114 Å². The van der Waals surface area contributed by atoms with E-state index >= 15 is 0 Å². The molecule has 0 fully saturated rings. The van der Waals surface area contributed by atoms with Crippen LogP contribution in [0.5, 0.6) is 11.5 Å². The average molecular weight is 492 g/mol. The number of sulfonamides is 1. The van der Waals surface area contributed by atoms with Gasteiger partial charge < -0.3 is 9.47 Å². The molecule has 2 amide bonds. The molecule has 0 radical (unpaired) electrons. The third-order valence-electron chi connectivity index (χ3n) is 5.11. The number of rotatable bonds is 11. The Hall–Kier alpha value is -3.11. The maximum atomic E-state index is 12.7. The molecule has 0 saturated heterocycles. The minimum absolute atomic E-state index is 0.00738. The van der Waals surface area contributed by atoms with Gasteiger partial charge >= 0.3 is 0 Å². The summed E-state index contributed by atoms with van der Waals surface area (Å²) >= 11 is 0. The fourth-order valence-corrected chi connectivity index (χ4v) is 4.61. The number of methoxy groups -OCH3 is 1. The summed E-state index contributed by atoms with van der Waals surface area (Å²) in [5, 5.41) is 0. The van der Waals surface area contributed by atoms with Gasteiger partial charge in [0.2, 0.25) is 10.0 Å². The zero-order chi connectivity index (χ0) is 25.3. The van der Waals surface area contributed by atoms with Gasteiger partial charge in [0, 0.05) is 24.2 Å². The number of hydrogen-bond donors (Lipinski definition) is 2. The summed E-state index contributed by atoms with van der Waals surface area (Å²) in [7, 11) is -2.24. The standard InChI is InChI=1S/C24H33N3O6S/c1-6-27(7-2)34(30,31)20-10-8-9-18(15-20)23(28)25-26-24(29)19-11-12-21(22(16-19)32-5)33-14-13-17(3)4/h8-12,15-17H,6-7,13-14H2,1-5H3,(H,25,28)(H,26,29). The van der Waals surface area contributed by atoms with Crippen LogP contribution in [-0.4, -0.2) is 51.3 Å². The number of ether oxygens (including phenoxy) is 2. The highest BCUT2D eigenvalue weighted by Gasteiger charge is 2.22. The maximum absolute atomic E-state index is 12.7. The highest BCUT2D eigenvalue weighted by Crippen LogP contribution is 2.28. The Morgan fingerprint density at radius 2 is 1.56 bits per heavy atom. The van der Waals surface area contributed by atoms with Crippen LogP contribution in [0.3, 0.4) is 0 Å². The predicted molar refractivity (Wildman–Crippen MR) is 129 cm³/mol. The first kappa shape index (κ1) is 27.1. The summed E-state index contributed by atoms with van der Waals surface area (Å²) in [6, 6.07) is 10.4. The quantitative estimate of drug-likeness (QED) is 0.467. The van der Waals surface area contributed by atoms with Crippen LogP contribution in [0, 0.1) is 5.92 Å². The molecule has 0 aliphatic heterocycles. The van der Waals surface area contributed by atoms with E-state index in [0.717, 1.165) is 6.42 Å². The van der Waals surface area contributed by atoms with Crippen molar-refractivity contribution >= 4 is 21.8 Å². The van der Waals surface area contributed by atoms with Gasteiger partial charge in [-0.1, -0.05) is 33.8 Å². The summed E-state index contributed by atoms with van der Waals surface area (Å²) in [5.41, 5.74) is 5.00. The van der Waals surface area contributed by atoms with Crippen LogP contribution in [0.25, 0.3) is 0 Å². The lowest BCUT2D eigenvalue weighted by Crippen LogP contribution is -2.41. The Labute approximate surface area is 201 Å². The van der Waals surface area contributed by atoms with Gasteiger partial charge in [-0.15, -0.1) is 0 Å². The number of benzene rings is 2. The molecule has 0 bridgehead atoms. The van der Waals surface area contributed by atoms with Gasteiger partial charge in [0.25, 0.3) is 11.8 Å². The Balaban J connectivity index is 2.07. The van der Waals surface area contributed by atoms with Gasteiger partial charge in [-0.3, -0.25) is 20.4 Å². The van der Waals surface area contributed by atoms with Gasteiger partial charge in [0.1, 0.15) is 0 Å². The third kappa shape index (κ3) is 6.94. The van der Waals surface area contributed by atoms with E-state index in [1.54, 1.807) is 26.0 Å². The fourth-order valence-electron chi connectivity index (χ4n) is 3.10. The average Bonchev–Trinajstić information content (AvgIpc) is 2.82. The molecule has 2 rings (SSSR count). The van der Waals surface area contributed by atoms with Crippen molar-refractivity contribution in [3.05, 3.63) is 53.6 Å². The molecule has 0 spiro atoms. The van der Waals surface area contributed by atoms with Crippen molar-refractivity contribution in [3.63, 3.8) is 0 Å². The van der Waals surface area contributed by atoms with Gasteiger partial charge in [-0.05, 0) is 48.7 Å². The van der Waals surface area contributed by atoms with Crippen LogP contribution in [0.1, 0.15) is 54.8 Å². The van der Waals surface area contributed by atoms with E-state index in [2.05, 4.69) is 24.7 Å². The van der Waals surface area contributed by atoms with Gasteiger partial charge in [-0.2, -0.15) is 4.31 Å². The molecular weight excluding hydrogens is 458 g/mol. The number of carbonyl (C=O) groups is 2. The fraction of sp³-hybridized carbons (Fsp3) is 0.417. The van der Waals surface area contributed by atoms with E-state index in [0.29, 0.717) is 37.1 Å². The molecule has 34 heavy (non-hydrogen) atoms. The molecule has 0 atom stereocenters. The lowest BCUT2D eigenvalue weighted by atomic mass is 10.1. The van der Waals surface area contributed by atoms with Crippen molar-refractivity contribution in [2.75, 3.05) is 26.8 Å². The van der Waals surface area contributed by atoms with E-state index in [1.807, 2.05) is 0 Å². The molecule has 0 aromatic heterocycles. The lowest BCUT2D eigenvalue weighted by molar-refractivity contribution is 0.0846. The van der Waals surface area contributed by atoms with E-state index < -0.39 is 21.8 Å². The first-order chi connectivity index (χ1) is 16.1. The molecule has 0 heterocycles. The van der Waals surface area contributed by atoms with Crippen molar-refractivity contribution in [1.82, 2.24) is 15.2 Å². The number of nitrogens with one attached hydrogen (secondary N) is 2. The van der Waals surface area contributed by atoms with E-state index in [9.17, 15) is 18.0 Å². The molecule has 0 unspecified atom stereocenters. The second-order valence-electron chi connectivity index (χ2n) is 7.92. The van der Waals surface area contributed by atoms with Gasteiger partial charge in [-0.25, -0.2) is 8.42 Å². The van der Waals surface area contributed by atoms with Crippen molar-refractivity contribution in [1.29, 1.82) is 0 Å². The number of hydrogen-bond acceptors (Lipinski definition) is 6. The number of amides is 2. The summed E-state index contributed by atoms with van der Waals surface area (Å²) in [6.45, 7) is 8.84. The molecule has 2 aromatic rings. The van der Waals surface area contributed by atoms with E-state index in [4.69, 9.17) is 9.47 Å². The highest BCUT2D eigenvalue weighted by molar-refractivity contribution is 7.89. The second-order valence-corrected chi connectivity index (χ2v) is 9.86. The van der Waals surface area contributed by atoms with Crippen LogP contribution in [0.4, 0.5) is 0 Å².